The number of halogens is 4. The van der Waals surface area contributed by atoms with Gasteiger partial charge in [0.1, 0.15) is 23.9 Å². The van der Waals surface area contributed by atoms with Gasteiger partial charge >= 0.3 is 6.18 Å². The zero-order valence-corrected chi connectivity index (χ0v) is 16.9. The number of aromatic nitrogens is 1. The van der Waals surface area contributed by atoms with Gasteiger partial charge in [-0.05, 0) is 30.7 Å². The zero-order chi connectivity index (χ0) is 22.5. The average Bonchev–Trinajstić information content (AvgIpc) is 3.41. The molecule has 3 heterocycles. The Labute approximate surface area is 181 Å². The topological polar surface area (TPSA) is 64.1 Å². The van der Waals surface area contributed by atoms with Crippen molar-refractivity contribution in [3.8, 4) is 11.8 Å². The van der Waals surface area contributed by atoms with E-state index in [1.807, 2.05) is 0 Å². The van der Waals surface area contributed by atoms with E-state index in [1.165, 1.54) is 12.1 Å². The standard InChI is InChI=1S/C23H20F4N4O/c24-14-4-5-15-20(8-14)32-12-19(31-7-6-13(10-28)11-31)22(15)30-18-3-1-2-17-16(18)9-21(29-17)23(25,26)27/h1-5,8-9,13,19,22,29-30H,6-7,11-12H2/t13-,19-,22-/m0/s1. The van der Waals surface area contributed by atoms with Gasteiger partial charge in [0, 0.05) is 41.3 Å². The van der Waals surface area contributed by atoms with Crippen molar-refractivity contribution in [1.82, 2.24) is 9.88 Å². The number of nitriles is 1. The number of H-pyrrole nitrogens is 1. The Kier molecular flexibility index (Phi) is 4.97. The Balaban J connectivity index is 1.55. The van der Waals surface area contributed by atoms with Crippen LogP contribution in [-0.2, 0) is 6.18 Å². The molecule has 2 aliphatic heterocycles. The van der Waals surface area contributed by atoms with Gasteiger partial charge in [-0.25, -0.2) is 4.39 Å². The molecule has 1 saturated heterocycles. The number of rotatable bonds is 3. The van der Waals surface area contributed by atoms with E-state index in [9.17, 15) is 22.8 Å². The van der Waals surface area contributed by atoms with Gasteiger partial charge in [0.05, 0.1) is 24.1 Å². The van der Waals surface area contributed by atoms with Crippen LogP contribution in [0.1, 0.15) is 23.7 Å². The maximum absolute atomic E-state index is 13.8. The van der Waals surface area contributed by atoms with Gasteiger partial charge in [0.25, 0.3) is 0 Å². The lowest BCUT2D eigenvalue weighted by Crippen LogP contribution is -2.47. The molecular formula is C23H20F4N4O. The molecule has 1 fully saturated rings. The van der Waals surface area contributed by atoms with Crippen LogP contribution in [0, 0.1) is 23.1 Å². The highest BCUT2D eigenvalue weighted by Gasteiger charge is 2.39. The van der Waals surface area contributed by atoms with E-state index in [1.54, 1.807) is 24.3 Å². The number of likely N-dealkylation sites (tertiary alicyclic amines) is 1. The fraction of sp³-hybridized carbons (Fsp3) is 0.348. The number of alkyl halides is 3. The van der Waals surface area contributed by atoms with Crippen LogP contribution in [0.4, 0.5) is 23.2 Å². The fourth-order valence-electron chi connectivity index (χ4n) is 4.65. The molecule has 0 saturated carbocycles. The van der Waals surface area contributed by atoms with Crippen molar-refractivity contribution in [1.29, 1.82) is 5.26 Å². The Morgan fingerprint density at radius 2 is 2.03 bits per heavy atom. The minimum Gasteiger partial charge on any atom is -0.491 e. The van der Waals surface area contributed by atoms with E-state index in [-0.39, 0.29) is 24.6 Å². The molecule has 9 heteroatoms. The van der Waals surface area contributed by atoms with E-state index in [0.717, 1.165) is 18.1 Å². The van der Waals surface area contributed by atoms with Gasteiger partial charge in [-0.1, -0.05) is 12.1 Å². The number of benzene rings is 2. The molecule has 0 unspecified atom stereocenters. The third-order valence-electron chi connectivity index (χ3n) is 6.26. The molecule has 0 bridgehead atoms. The summed E-state index contributed by atoms with van der Waals surface area (Å²) in [5, 5.41) is 13.1. The minimum atomic E-state index is -4.48. The van der Waals surface area contributed by atoms with Crippen molar-refractivity contribution in [3.63, 3.8) is 0 Å². The van der Waals surface area contributed by atoms with Gasteiger partial charge in [-0.2, -0.15) is 18.4 Å². The summed E-state index contributed by atoms with van der Waals surface area (Å²) < 4.78 is 59.4. The molecular weight excluding hydrogens is 424 g/mol. The first kappa shape index (κ1) is 20.6. The maximum Gasteiger partial charge on any atom is 0.431 e. The number of hydrogen-bond donors (Lipinski definition) is 2. The Morgan fingerprint density at radius 3 is 2.78 bits per heavy atom. The van der Waals surface area contributed by atoms with Crippen LogP contribution in [0.2, 0.25) is 0 Å². The molecule has 32 heavy (non-hydrogen) atoms. The van der Waals surface area contributed by atoms with Gasteiger partial charge in [0.2, 0.25) is 0 Å². The van der Waals surface area contributed by atoms with Crippen molar-refractivity contribution >= 4 is 16.6 Å². The highest BCUT2D eigenvalue weighted by Crippen LogP contribution is 2.40. The first-order chi connectivity index (χ1) is 15.3. The molecule has 3 aromatic rings. The Bertz CT molecular complexity index is 1200. The lowest BCUT2D eigenvalue weighted by atomic mass is 9.94. The van der Waals surface area contributed by atoms with Crippen molar-refractivity contribution in [2.75, 3.05) is 25.0 Å². The number of nitrogens with one attached hydrogen (secondary N) is 2. The predicted molar refractivity (Wildman–Crippen MR) is 111 cm³/mol. The van der Waals surface area contributed by atoms with Crippen LogP contribution >= 0.6 is 0 Å². The van der Waals surface area contributed by atoms with Gasteiger partial charge < -0.3 is 15.0 Å². The second-order valence-electron chi connectivity index (χ2n) is 8.24. The second-order valence-corrected chi connectivity index (χ2v) is 8.24. The van der Waals surface area contributed by atoms with E-state index in [0.29, 0.717) is 35.4 Å². The van der Waals surface area contributed by atoms with Crippen LogP contribution in [-0.4, -0.2) is 35.6 Å². The normalized spacial score (nSPS) is 23.5. The summed E-state index contributed by atoms with van der Waals surface area (Å²) in [4.78, 5) is 4.60. The number of nitrogens with zero attached hydrogens (tertiary/aromatic N) is 2. The SMILES string of the molecule is N#C[C@@H]1CCN([C@H]2COc3cc(F)ccc3[C@@H]2Nc2cccc3[nH]c(C(F)(F)F)cc23)C1. The summed E-state index contributed by atoms with van der Waals surface area (Å²) in [5.41, 5.74) is 0.823. The lowest BCUT2D eigenvalue weighted by Gasteiger charge is -2.39. The summed E-state index contributed by atoms with van der Waals surface area (Å²) in [6.45, 7) is 1.59. The van der Waals surface area contributed by atoms with Crippen LogP contribution in [0.5, 0.6) is 5.75 Å². The summed E-state index contributed by atoms with van der Waals surface area (Å²) in [5.74, 6) is -0.0889. The summed E-state index contributed by atoms with van der Waals surface area (Å²) >= 11 is 0. The quantitative estimate of drug-likeness (QED) is 0.553. The van der Waals surface area contributed by atoms with Crippen molar-refractivity contribution in [3.05, 3.63) is 59.5 Å². The van der Waals surface area contributed by atoms with Crippen LogP contribution in [0.15, 0.2) is 42.5 Å². The number of hydrogen-bond acceptors (Lipinski definition) is 4. The van der Waals surface area contributed by atoms with Gasteiger partial charge in [0.15, 0.2) is 0 Å². The van der Waals surface area contributed by atoms with E-state index < -0.39 is 17.7 Å². The molecule has 2 aliphatic rings. The molecule has 0 radical (unpaired) electrons. The first-order valence-electron chi connectivity index (χ1n) is 10.3. The van der Waals surface area contributed by atoms with E-state index in [2.05, 4.69) is 21.3 Å². The molecule has 166 valence electrons. The third-order valence-corrected chi connectivity index (χ3v) is 6.26. The van der Waals surface area contributed by atoms with Crippen molar-refractivity contribution in [2.24, 2.45) is 5.92 Å². The molecule has 0 aliphatic carbocycles. The predicted octanol–water partition coefficient (Wildman–Crippen LogP) is 5.09. The molecule has 2 aromatic carbocycles. The summed E-state index contributed by atoms with van der Waals surface area (Å²) in [7, 11) is 0. The first-order valence-corrected chi connectivity index (χ1v) is 10.3. The largest absolute Gasteiger partial charge is 0.491 e. The van der Waals surface area contributed by atoms with Crippen molar-refractivity contribution < 1.29 is 22.3 Å². The molecule has 5 nitrogen and oxygen atoms in total. The zero-order valence-electron chi connectivity index (χ0n) is 16.9. The molecule has 3 atom stereocenters. The summed E-state index contributed by atoms with van der Waals surface area (Å²) in [6.07, 6.45) is -3.73. The third kappa shape index (κ3) is 3.65. The van der Waals surface area contributed by atoms with Crippen LogP contribution in [0.25, 0.3) is 10.9 Å². The highest BCUT2D eigenvalue weighted by atomic mass is 19.4. The summed E-state index contributed by atoms with van der Waals surface area (Å²) in [6, 6.07) is 12.2. The number of anilines is 1. The Morgan fingerprint density at radius 1 is 1.19 bits per heavy atom. The van der Waals surface area contributed by atoms with Crippen molar-refractivity contribution in [2.45, 2.75) is 24.7 Å². The molecule has 0 amide bonds. The van der Waals surface area contributed by atoms with Gasteiger partial charge in [-0.15, -0.1) is 0 Å². The smallest absolute Gasteiger partial charge is 0.431 e. The van der Waals surface area contributed by atoms with Gasteiger partial charge in [-0.3, -0.25) is 4.90 Å². The van der Waals surface area contributed by atoms with Crippen LogP contribution in [0.3, 0.4) is 0 Å². The second kappa shape index (κ2) is 7.71. The highest BCUT2D eigenvalue weighted by molar-refractivity contribution is 5.93. The Hall–Kier alpha value is -3.25. The molecule has 0 spiro atoms. The molecule has 1 aromatic heterocycles. The molecule has 5 rings (SSSR count). The average molecular weight is 444 g/mol. The van der Waals surface area contributed by atoms with Crippen LogP contribution < -0.4 is 10.1 Å². The number of ether oxygens (including phenoxy) is 1. The minimum absolute atomic E-state index is 0.0762. The number of fused-ring (bicyclic) bond motifs is 2. The maximum atomic E-state index is 13.8. The molecule has 2 N–H and O–H groups in total. The number of aromatic amines is 1. The van der Waals surface area contributed by atoms with E-state index in [4.69, 9.17) is 4.74 Å². The monoisotopic (exact) mass is 444 g/mol. The fourth-order valence-corrected chi connectivity index (χ4v) is 4.65. The van der Waals surface area contributed by atoms with E-state index >= 15 is 0 Å². The lowest BCUT2D eigenvalue weighted by molar-refractivity contribution is -0.140.